The van der Waals surface area contributed by atoms with E-state index in [1.54, 1.807) is 82.3 Å². The van der Waals surface area contributed by atoms with Crippen LogP contribution in [-0.4, -0.2) is 105 Å². The Balaban J connectivity index is 1.56. The number of amides is 1. The minimum absolute atomic E-state index is 0.00140. The summed E-state index contributed by atoms with van der Waals surface area (Å²) in [5.41, 5.74) is -6.91. The first-order chi connectivity index (χ1) is 28.1. The van der Waals surface area contributed by atoms with E-state index < -0.39 is 113 Å². The van der Waals surface area contributed by atoms with Crippen LogP contribution in [0.4, 0.5) is 0 Å². The molecule has 1 heterocycles. The number of ketones is 1. The van der Waals surface area contributed by atoms with Gasteiger partial charge in [0.1, 0.15) is 23.9 Å². The smallest absolute Gasteiger partial charge is 0.338 e. The molecule has 2 aromatic carbocycles. The second-order valence-corrected chi connectivity index (χ2v) is 17.0. The highest BCUT2D eigenvalue weighted by atomic mass is 16.6. The van der Waals surface area contributed by atoms with Crippen LogP contribution in [0.3, 0.4) is 0 Å². The van der Waals surface area contributed by atoms with Crippen molar-refractivity contribution in [1.82, 2.24) is 5.32 Å². The van der Waals surface area contributed by atoms with Gasteiger partial charge in [-0.3, -0.25) is 19.2 Å². The predicted octanol–water partition coefficient (Wildman–Crippen LogP) is 3.39. The van der Waals surface area contributed by atoms with Gasteiger partial charge >= 0.3 is 23.9 Å². The van der Waals surface area contributed by atoms with E-state index in [2.05, 4.69) is 5.32 Å². The number of aliphatic hydroxyl groups is 3. The summed E-state index contributed by atoms with van der Waals surface area (Å²) < 4.78 is 30.2. The van der Waals surface area contributed by atoms with Gasteiger partial charge in [0.25, 0.3) is 0 Å². The molecule has 3 fully saturated rings. The number of ether oxygens (including phenoxy) is 5. The van der Waals surface area contributed by atoms with Crippen LogP contribution in [0, 0.1) is 16.7 Å². The third-order valence-corrected chi connectivity index (χ3v) is 13.2. The third-order valence-electron chi connectivity index (χ3n) is 13.2. The van der Waals surface area contributed by atoms with E-state index in [0.717, 1.165) is 13.8 Å². The van der Waals surface area contributed by atoms with Gasteiger partial charge < -0.3 is 44.3 Å². The number of carbonyl (C=O) groups excluding carboxylic acids is 6. The van der Waals surface area contributed by atoms with Crippen molar-refractivity contribution in [2.75, 3.05) is 6.61 Å². The van der Waals surface area contributed by atoms with E-state index in [1.807, 2.05) is 0 Å². The molecule has 1 aliphatic heterocycles. The van der Waals surface area contributed by atoms with Crippen LogP contribution in [0.5, 0.6) is 0 Å². The van der Waals surface area contributed by atoms with Gasteiger partial charge in [-0.2, -0.15) is 0 Å². The molecule has 2 bridgehead atoms. The van der Waals surface area contributed by atoms with Crippen molar-refractivity contribution < 1.29 is 67.8 Å². The number of hydrogen-bond donors (Lipinski definition) is 4. The summed E-state index contributed by atoms with van der Waals surface area (Å²) in [5.74, 6) is -6.78. The lowest BCUT2D eigenvalue weighted by Gasteiger charge is -2.67. The second kappa shape index (κ2) is 16.3. The Bertz CT molecular complexity index is 2110. The molecule has 1 amide bonds. The van der Waals surface area contributed by atoms with Gasteiger partial charge in [0.2, 0.25) is 5.91 Å². The van der Waals surface area contributed by atoms with Gasteiger partial charge in [0.05, 0.1) is 35.6 Å². The number of fused-ring (bicyclic) bond motifs is 5. The number of Topliss-reactive ketones (excluding diaryl/α,β-unsaturated/α-hetero) is 1. The fourth-order valence-corrected chi connectivity index (χ4v) is 9.75. The molecule has 4 N–H and O–H groups in total. The third kappa shape index (κ3) is 7.24. The van der Waals surface area contributed by atoms with Gasteiger partial charge in [-0.1, -0.05) is 68.5 Å². The molecule has 0 unspecified atom stereocenters. The molecule has 4 aliphatic rings. The maximum Gasteiger partial charge on any atom is 0.338 e. The molecule has 1 saturated heterocycles. The van der Waals surface area contributed by atoms with E-state index in [9.17, 15) is 39.3 Å². The molecule has 15 heteroatoms. The van der Waals surface area contributed by atoms with E-state index in [4.69, 9.17) is 23.7 Å². The largest absolute Gasteiger partial charge is 0.456 e. The van der Waals surface area contributed by atoms with Gasteiger partial charge in [-0.15, -0.1) is 0 Å². The number of benzene rings is 2. The summed E-state index contributed by atoms with van der Waals surface area (Å²) in [4.78, 5) is 82.9. The maximum atomic E-state index is 15.4. The molecule has 60 heavy (non-hydrogen) atoms. The molecule has 3 aliphatic carbocycles. The number of hydrogen-bond acceptors (Lipinski definition) is 14. The average molecular weight is 832 g/mol. The molecule has 15 nitrogen and oxygen atoms in total. The molecular weight excluding hydrogens is 778 g/mol. The first-order valence-corrected chi connectivity index (χ1v) is 19.9. The summed E-state index contributed by atoms with van der Waals surface area (Å²) in [6.07, 6.45) is -8.88. The molecule has 0 radical (unpaired) electrons. The molecule has 0 aromatic heterocycles. The lowest BCUT2D eigenvalue weighted by atomic mass is 9.44. The van der Waals surface area contributed by atoms with Crippen molar-refractivity contribution in [3.05, 3.63) is 94.6 Å². The van der Waals surface area contributed by atoms with Gasteiger partial charge in [-0.05, 0) is 56.5 Å². The lowest BCUT2D eigenvalue weighted by Crippen LogP contribution is -2.82. The fraction of sp³-hybridized carbons (Fsp3) is 0.511. The molecule has 322 valence electrons. The number of rotatable bonds is 10. The number of esters is 4. The topological polar surface area (TPSA) is 221 Å². The molecule has 6 rings (SSSR count). The first-order valence-electron chi connectivity index (χ1n) is 19.9. The minimum atomic E-state index is -2.38. The zero-order valence-corrected chi connectivity index (χ0v) is 34.9. The Morgan fingerprint density at radius 2 is 1.53 bits per heavy atom. The van der Waals surface area contributed by atoms with Crippen LogP contribution in [0.25, 0.3) is 0 Å². The zero-order chi connectivity index (χ0) is 44.1. The maximum absolute atomic E-state index is 15.4. The zero-order valence-electron chi connectivity index (χ0n) is 34.9. The number of nitrogens with one attached hydrogen (secondary N) is 1. The Morgan fingerprint density at radius 3 is 2.08 bits per heavy atom. The Morgan fingerprint density at radius 1 is 0.917 bits per heavy atom. The summed E-state index contributed by atoms with van der Waals surface area (Å²) in [6, 6.07) is 14.8. The van der Waals surface area contributed by atoms with Crippen LogP contribution in [0.2, 0.25) is 0 Å². The SMILES string of the molecule is C/C=C(\C)C(=O)N[C@@H](c1ccccc1)[C@@H](O)C(=O)O[C@H]1C[C@@]2(O)[C@@H](OC(=O)c3ccccc3)[C@@H]3[C@]4(OC(C)=O)CO[C@@H]4C[C@@H](O)[C@@]3(C)C(=O)[C@@H](OC(C)=O)C(=C1C)C2(C)C. The monoisotopic (exact) mass is 831 g/mol. The first kappa shape index (κ1) is 44.3. The van der Waals surface area contributed by atoms with Crippen molar-refractivity contribution in [1.29, 1.82) is 0 Å². The Hall–Kier alpha value is -5.22. The highest BCUT2D eigenvalue weighted by Gasteiger charge is 2.78. The molecule has 2 saturated carbocycles. The van der Waals surface area contributed by atoms with Crippen molar-refractivity contribution >= 4 is 35.6 Å². The number of aliphatic hydroxyl groups excluding tert-OH is 2. The van der Waals surface area contributed by atoms with Gasteiger partial charge in [-0.25, -0.2) is 9.59 Å². The van der Waals surface area contributed by atoms with Crippen LogP contribution < -0.4 is 5.32 Å². The molecule has 2 aromatic rings. The van der Waals surface area contributed by atoms with Crippen LogP contribution in [0.15, 0.2) is 83.5 Å². The summed E-state index contributed by atoms with van der Waals surface area (Å²) in [7, 11) is 0. The van der Waals surface area contributed by atoms with Crippen molar-refractivity contribution in [3.8, 4) is 0 Å². The molecular formula is C45H53NO14. The highest BCUT2D eigenvalue weighted by Crippen LogP contribution is 2.64. The molecule has 11 atom stereocenters. The normalized spacial score (nSPS) is 32.9. The van der Waals surface area contributed by atoms with Crippen LogP contribution in [-0.2, 0) is 47.7 Å². The Labute approximate surface area is 348 Å². The quantitative estimate of drug-likeness (QED) is 0.117. The van der Waals surface area contributed by atoms with E-state index in [-0.39, 0.29) is 29.7 Å². The number of allylic oxidation sites excluding steroid dienone is 1. The minimum Gasteiger partial charge on any atom is -0.456 e. The van der Waals surface area contributed by atoms with E-state index >= 15 is 4.79 Å². The highest BCUT2D eigenvalue weighted by molar-refractivity contribution is 5.96. The van der Waals surface area contributed by atoms with Crippen LogP contribution >= 0.6 is 0 Å². The van der Waals surface area contributed by atoms with Gasteiger partial charge in [0, 0.05) is 37.7 Å². The van der Waals surface area contributed by atoms with Crippen molar-refractivity contribution in [3.63, 3.8) is 0 Å². The Kier molecular flexibility index (Phi) is 12.1. The summed E-state index contributed by atoms with van der Waals surface area (Å²) >= 11 is 0. The van der Waals surface area contributed by atoms with Crippen molar-refractivity contribution in [2.24, 2.45) is 16.7 Å². The standard InChI is InChI=1S/C45H53NO14/c1-9-23(2)39(52)46-33(27-16-12-10-13-17-27)34(50)41(54)58-29-21-45(55)38(59-40(53)28-18-14-11-15-19-28)36-43(8,30(49)20-31-44(36,22-56-31)60-26(5)48)37(51)35(57-25(4)47)32(24(29)3)42(45,6)7/h9-19,29-31,33-36,38,49-50,55H,20-22H2,1-8H3,(H,46,52)/b23-9+/t29-,30+,31+,33-,34+,35-,36-,38-,43+,44-,45+/m0/s1. The summed E-state index contributed by atoms with van der Waals surface area (Å²) in [6.45, 7) is 11.2. The van der Waals surface area contributed by atoms with E-state index in [1.165, 1.54) is 26.0 Å². The van der Waals surface area contributed by atoms with Crippen molar-refractivity contribution in [2.45, 2.75) is 122 Å². The fourth-order valence-electron chi connectivity index (χ4n) is 9.75. The summed E-state index contributed by atoms with van der Waals surface area (Å²) in [5, 5.41) is 40.0. The molecule has 0 spiro atoms. The average Bonchev–Trinajstić information content (AvgIpc) is 3.20. The van der Waals surface area contributed by atoms with E-state index in [0.29, 0.717) is 11.1 Å². The van der Waals surface area contributed by atoms with Crippen LogP contribution in [0.1, 0.15) is 90.2 Å². The predicted molar refractivity (Wildman–Crippen MR) is 211 cm³/mol. The lowest BCUT2D eigenvalue weighted by molar-refractivity contribution is -0.346. The number of carbonyl (C=O) groups is 6. The van der Waals surface area contributed by atoms with Gasteiger partial charge in [0.15, 0.2) is 23.6 Å². The second-order valence-electron chi connectivity index (χ2n) is 17.0.